The molecular formula is C18H16FNO5. The summed E-state index contributed by atoms with van der Waals surface area (Å²) >= 11 is 0. The van der Waals surface area contributed by atoms with Crippen molar-refractivity contribution < 1.29 is 28.6 Å². The predicted octanol–water partition coefficient (Wildman–Crippen LogP) is 2.46. The molecule has 0 saturated carbocycles. The van der Waals surface area contributed by atoms with E-state index < -0.39 is 29.2 Å². The van der Waals surface area contributed by atoms with E-state index in [-0.39, 0.29) is 35.4 Å². The number of benzene rings is 1. The van der Waals surface area contributed by atoms with Crippen LogP contribution in [0.25, 0.3) is 0 Å². The van der Waals surface area contributed by atoms with Gasteiger partial charge in [-0.3, -0.25) is 14.5 Å². The molecule has 6 nitrogen and oxygen atoms in total. The smallest absolute Gasteiger partial charge is 0.339 e. The van der Waals surface area contributed by atoms with Gasteiger partial charge in [-0.2, -0.15) is 0 Å². The van der Waals surface area contributed by atoms with Crippen LogP contribution in [0.15, 0.2) is 48.6 Å². The fourth-order valence-corrected chi connectivity index (χ4v) is 2.63. The second kappa shape index (κ2) is 7.12. The van der Waals surface area contributed by atoms with Gasteiger partial charge in [0.2, 0.25) is 0 Å². The SMILES string of the molecule is C=CCC1=C(C=C)C(=O)N(Cc2ccc(OC)c(F)c2C(=O)O)C1=O. The zero-order valence-electron chi connectivity index (χ0n) is 13.5. The molecule has 2 rings (SSSR count). The fraction of sp³-hybridized carbons (Fsp3) is 0.167. The van der Waals surface area contributed by atoms with Crippen molar-refractivity contribution in [1.82, 2.24) is 4.90 Å². The largest absolute Gasteiger partial charge is 0.494 e. The minimum atomic E-state index is -1.52. The van der Waals surface area contributed by atoms with Crippen LogP contribution in [-0.4, -0.2) is 34.9 Å². The van der Waals surface area contributed by atoms with Crippen LogP contribution in [0, 0.1) is 5.82 Å². The summed E-state index contributed by atoms with van der Waals surface area (Å²) in [5, 5.41) is 9.28. The molecule has 1 N–H and O–H groups in total. The summed E-state index contributed by atoms with van der Waals surface area (Å²) in [7, 11) is 1.21. The van der Waals surface area contributed by atoms with Crippen LogP contribution in [0.2, 0.25) is 0 Å². The van der Waals surface area contributed by atoms with E-state index >= 15 is 0 Å². The van der Waals surface area contributed by atoms with E-state index in [1.54, 1.807) is 0 Å². The second-order valence-electron chi connectivity index (χ2n) is 5.21. The summed E-state index contributed by atoms with van der Waals surface area (Å²) in [6.07, 6.45) is 2.92. The lowest BCUT2D eigenvalue weighted by Gasteiger charge is -2.17. The zero-order valence-corrected chi connectivity index (χ0v) is 13.5. The Labute approximate surface area is 143 Å². The van der Waals surface area contributed by atoms with Crippen molar-refractivity contribution in [2.75, 3.05) is 7.11 Å². The van der Waals surface area contributed by atoms with Crippen molar-refractivity contribution in [2.24, 2.45) is 0 Å². The van der Waals surface area contributed by atoms with Gasteiger partial charge in [0, 0.05) is 11.1 Å². The molecule has 0 bridgehead atoms. The zero-order chi connectivity index (χ0) is 18.7. The first-order chi connectivity index (χ1) is 11.9. The number of carbonyl (C=O) groups is 3. The van der Waals surface area contributed by atoms with E-state index in [4.69, 9.17) is 4.74 Å². The van der Waals surface area contributed by atoms with Crippen LogP contribution in [0.3, 0.4) is 0 Å². The highest BCUT2D eigenvalue weighted by molar-refractivity contribution is 6.20. The Hall–Kier alpha value is -3.22. The number of halogens is 1. The molecule has 7 heteroatoms. The van der Waals surface area contributed by atoms with Gasteiger partial charge in [0.1, 0.15) is 5.56 Å². The average Bonchev–Trinajstić information content (AvgIpc) is 2.79. The van der Waals surface area contributed by atoms with E-state index in [9.17, 15) is 23.9 Å². The van der Waals surface area contributed by atoms with Crippen molar-refractivity contribution >= 4 is 17.8 Å². The fourth-order valence-electron chi connectivity index (χ4n) is 2.63. The summed E-state index contributed by atoms with van der Waals surface area (Å²) in [4.78, 5) is 37.1. The van der Waals surface area contributed by atoms with Gasteiger partial charge in [0.15, 0.2) is 11.6 Å². The molecule has 0 aromatic heterocycles. The third-order valence-electron chi connectivity index (χ3n) is 3.81. The molecule has 0 fully saturated rings. The Kier molecular flexibility index (Phi) is 5.17. The number of imide groups is 1. The van der Waals surface area contributed by atoms with Gasteiger partial charge in [-0.05, 0) is 18.1 Å². The molecule has 1 heterocycles. The van der Waals surface area contributed by atoms with E-state index in [1.165, 1.54) is 31.4 Å². The molecule has 0 atom stereocenters. The highest BCUT2D eigenvalue weighted by Gasteiger charge is 2.37. The Bertz CT molecular complexity index is 825. The van der Waals surface area contributed by atoms with Crippen molar-refractivity contribution in [2.45, 2.75) is 13.0 Å². The summed E-state index contributed by atoms with van der Waals surface area (Å²) < 4.78 is 19.0. The van der Waals surface area contributed by atoms with Crippen LogP contribution >= 0.6 is 0 Å². The summed E-state index contributed by atoms with van der Waals surface area (Å²) in [6.45, 7) is 6.68. The number of allylic oxidation sites excluding steroid dienone is 1. The number of hydrogen-bond donors (Lipinski definition) is 1. The number of nitrogens with zero attached hydrogens (tertiary/aromatic N) is 1. The molecule has 0 saturated heterocycles. The van der Waals surface area contributed by atoms with Gasteiger partial charge < -0.3 is 9.84 Å². The minimum Gasteiger partial charge on any atom is -0.494 e. The third kappa shape index (κ3) is 3.08. The minimum absolute atomic E-state index is 0.0178. The maximum Gasteiger partial charge on any atom is 0.339 e. The first kappa shape index (κ1) is 18.1. The van der Waals surface area contributed by atoms with Gasteiger partial charge in [-0.15, -0.1) is 6.58 Å². The van der Waals surface area contributed by atoms with Gasteiger partial charge in [-0.1, -0.05) is 24.8 Å². The Morgan fingerprint density at radius 1 is 1.32 bits per heavy atom. The molecule has 1 aromatic rings. The molecule has 0 spiro atoms. The van der Waals surface area contributed by atoms with E-state index in [1.807, 2.05) is 0 Å². The summed E-state index contributed by atoms with van der Waals surface area (Å²) in [5.74, 6) is -4.00. The average molecular weight is 345 g/mol. The number of carboxylic acid groups (broad SMARTS) is 1. The number of methoxy groups -OCH3 is 1. The Morgan fingerprint density at radius 2 is 2.00 bits per heavy atom. The quantitative estimate of drug-likeness (QED) is 0.606. The number of carbonyl (C=O) groups excluding carboxylic acids is 2. The molecule has 2 amide bonds. The molecule has 1 aliphatic rings. The predicted molar refractivity (Wildman–Crippen MR) is 87.5 cm³/mol. The van der Waals surface area contributed by atoms with Crippen molar-refractivity contribution in [3.63, 3.8) is 0 Å². The molecule has 1 aliphatic heterocycles. The first-order valence-corrected chi connectivity index (χ1v) is 7.28. The van der Waals surface area contributed by atoms with Gasteiger partial charge >= 0.3 is 5.97 Å². The Balaban J connectivity index is 2.45. The number of hydrogen-bond acceptors (Lipinski definition) is 4. The molecule has 0 unspecified atom stereocenters. The van der Waals surface area contributed by atoms with E-state index in [0.29, 0.717) is 0 Å². The molecule has 130 valence electrons. The number of carboxylic acids is 1. The maximum absolute atomic E-state index is 14.3. The number of aromatic carboxylic acids is 1. The van der Waals surface area contributed by atoms with Crippen LogP contribution in [0.1, 0.15) is 22.3 Å². The Morgan fingerprint density at radius 3 is 2.52 bits per heavy atom. The summed E-state index contributed by atoms with van der Waals surface area (Å²) in [5.41, 5.74) is -0.301. The van der Waals surface area contributed by atoms with Gasteiger partial charge in [0.25, 0.3) is 11.8 Å². The monoisotopic (exact) mass is 345 g/mol. The lowest BCUT2D eigenvalue weighted by Crippen LogP contribution is -2.32. The molecule has 25 heavy (non-hydrogen) atoms. The number of amides is 2. The highest BCUT2D eigenvalue weighted by atomic mass is 19.1. The third-order valence-corrected chi connectivity index (χ3v) is 3.81. The lowest BCUT2D eigenvalue weighted by molar-refractivity contribution is -0.138. The van der Waals surface area contributed by atoms with Gasteiger partial charge in [0.05, 0.1) is 13.7 Å². The van der Waals surface area contributed by atoms with Crippen LogP contribution in [0.4, 0.5) is 4.39 Å². The second-order valence-corrected chi connectivity index (χ2v) is 5.21. The molecule has 1 aromatic carbocycles. The standard InChI is InChI=1S/C18H16FNO5/c1-4-6-12-11(5-2)16(21)20(17(12)22)9-10-7-8-13(25-3)15(19)14(10)18(23)24/h4-5,7-8H,1-2,6,9H2,3H3,(H,23,24). The summed E-state index contributed by atoms with van der Waals surface area (Å²) in [6, 6.07) is 2.56. The first-order valence-electron chi connectivity index (χ1n) is 7.28. The van der Waals surface area contributed by atoms with E-state index in [0.717, 1.165) is 4.90 Å². The van der Waals surface area contributed by atoms with Gasteiger partial charge in [-0.25, -0.2) is 9.18 Å². The van der Waals surface area contributed by atoms with Crippen LogP contribution in [0.5, 0.6) is 5.75 Å². The van der Waals surface area contributed by atoms with Crippen molar-refractivity contribution in [1.29, 1.82) is 0 Å². The van der Waals surface area contributed by atoms with Crippen molar-refractivity contribution in [3.05, 3.63) is 65.5 Å². The topological polar surface area (TPSA) is 83.9 Å². The van der Waals surface area contributed by atoms with Crippen LogP contribution in [-0.2, 0) is 16.1 Å². The highest BCUT2D eigenvalue weighted by Crippen LogP contribution is 2.29. The molecule has 0 radical (unpaired) electrons. The maximum atomic E-state index is 14.3. The number of ether oxygens (including phenoxy) is 1. The molecule has 0 aliphatic carbocycles. The van der Waals surface area contributed by atoms with E-state index in [2.05, 4.69) is 13.2 Å². The number of rotatable bonds is 7. The molecular weight excluding hydrogens is 329 g/mol. The lowest BCUT2D eigenvalue weighted by atomic mass is 10.1. The van der Waals surface area contributed by atoms with Crippen molar-refractivity contribution in [3.8, 4) is 5.75 Å². The van der Waals surface area contributed by atoms with Crippen LogP contribution < -0.4 is 4.74 Å². The normalized spacial score (nSPS) is 14.1.